The van der Waals surface area contributed by atoms with E-state index in [9.17, 15) is 0 Å². The summed E-state index contributed by atoms with van der Waals surface area (Å²) in [5.41, 5.74) is 14.5. The minimum Gasteiger partial charge on any atom is -0.292 e. The quantitative estimate of drug-likeness (QED) is 0.168. The van der Waals surface area contributed by atoms with Gasteiger partial charge in [0.25, 0.3) is 0 Å². The van der Waals surface area contributed by atoms with Crippen molar-refractivity contribution < 1.29 is 0 Å². The molecule has 0 aliphatic heterocycles. The van der Waals surface area contributed by atoms with Crippen LogP contribution in [0.3, 0.4) is 0 Å². The van der Waals surface area contributed by atoms with Crippen molar-refractivity contribution in [2.24, 2.45) is 0 Å². The number of fused-ring (bicyclic) bond motifs is 7. The van der Waals surface area contributed by atoms with Crippen molar-refractivity contribution in [1.29, 1.82) is 0 Å². The van der Waals surface area contributed by atoms with E-state index >= 15 is 0 Å². The molecule has 0 saturated heterocycles. The van der Waals surface area contributed by atoms with Crippen molar-refractivity contribution >= 4 is 54.1 Å². The summed E-state index contributed by atoms with van der Waals surface area (Å²) < 4.78 is 2.30. The lowest BCUT2D eigenvalue weighted by Crippen LogP contribution is -1.98. The van der Waals surface area contributed by atoms with Gasteiger partial charge in [-0.15, -0.1) is 0 Å². The van der Waals surface area contributed by atoms with Crippen molar-refractivity contribution in [3.63, 3.8) is 0 Å². The fourth-order valence-corrected chi connectivity index (χ4v) is 9.34. The summed E-state index contributed by atoms with van der Waals surface area (Å²) in [5.74, 6) is 0.933. The molecule has 0 spiro atoms. The first-order valence-corrected chi connectivity index (χ1v) is 19.0. The molecule has 11 aromatic rings. The number of para-hydroxylation sites is 2. The molecule has 2 heteroatoms. The second-order valence-electron chi connectivity index (χ2n) is 14.6. The van der Waals surface area contributed by atoms with E-state index in [0.29, 0.717) is 0 Å². The monoisotopic (exact) mass is 696 g/mol. The van der Waals surface area contributed by atoms with E-state index in [4.69, 9.17) is 4.98 Å². The summed E-state index contributed by atoms with van der Waals surface area (Å²) in [4.78, 5) is 5.20. The maximum atomic E-state index is 5.20. The molecule has 1 aliphatic rings. The van der Waals surface area contributed by atoms with E-state index in [-0.39, 0.29) is 0 Å². The van der Waals surface area contributed by atoms with Crippen LogP contribution in [0.15, 0.2) is 194 Å². The Bertz CT molecular complexity index is 3280. The Kier molecular flexibility index (Phi) is 6.37. The lowest BCUT2D eigenvalue weighted by Gasteiger charge is -2.19. The van der Waals surface area contributed by atoms with Gasteiger partial charge >= 0.3 is 0 Å². The third-order valence-corrected chi connectivity index (χ3v) is 11.7. The number of aromatic nitrogens is 2. The normalized spacial score (nSPS) is 12.0. The smallest absolute Gasteiger partial charge is 0.145 e. The van der Waals surface area contributed by atoms with Gasteiger partial charge in [-0.25, -0.2) is 4.98 Å². The first-order valence-electron chi connectivity index (χ1n) is 19.0. The molecular weight excluding hydrogens is 665 g/mol. The molecule has 1 heterocycles. The van der Waals surface area contributed by atoms with Gasteiger partial charge in [0.15, 0.2) is 0 Å². The number of hydrogen-bond donors (Lipinski definition) is 0. The summed E-state index contributed by atoms with van der Waals surface area (Å²) in [7, 11) is 0. The number of imidazole rings is 1. The minimum absolute atomic E-state index is 0.933. The topological polar surface area (TPSA) is 17.8 Å². The van der Waals surface area contributed by atoms with Crippen LogP contribution in [-0.4, -0.2) is 9.55 Å². The van der Waals surface area contributed by atoms with Gasteiger partial charge in [0.1, 0.15) is 5.82 Å². The van der Waals surface area contributed by atoms with Crippen molar-refractivity contribution in [2.75, 3.05) is 0 Å². The molecule has 0 unspecified atom stereocenters. The largest absolute Gasteiger partial charge is 0.292 e. The average Bonchev–Trinajstić information content (AvgIpc) is 3.80. The van der Waals surface area contributed by atoms with Crippen molar-refractivity contribution in [3.05, 3.63) is 194 Å². The fraction of sp³-hybridized carbons (Fsp3) is 0. The van der Waals surface area contributed by atoms with Crippen LogP contribution in [0.1, 0.15) is 0 Å². The standard InChI is InChI=1S/C53H32N2/c1-2-13-36-32-37(29-28-33(36)12-1)55-49-23-10-9-22-48(49)54-53(55)35-26-24-34(25-27-35)50-41-16-5-7-18-43(41)52(44-19-8-6-17-42(44)50)47-31-30-46-39-15-4-3-14-38(39)40-20-11-21-45(47)51(40)46/h1-32H. The second kappa shape index (κ2) is 11.6. The van der Waals surface area contributed by atoms with Gasteiger partial charge in [0, 0.05) is 11.3 Å². The third-order valence-electron chi connectivity index (χ3n) is 11.7. The first kappa shape index (κ1) is 30.2. The Labute approximate surface area is 318 Å². The van der Waals surface area contributed by atoms with Crippen molar-refractivity contribution in [2.45, 2.75) is 0 Å². The minimum atomic E-state index is 0.933. The molecule has 10 aromatic carbocycles. The van der Waals surface area contributed by atoms with E-state index in [1.807, 2.05) is 0 Å². The molecule has 0 N–H and O–H groups in total. The van der Waals surface area contributed by atoms with E-state index in [1.54, 1.807) is 0 Å². The maximum absolute atomic E-state index is 5.20. The molecule has 254 valence electrons. The molecular formula is C53H32N2. The van der Waals surface area contributed by atoms with Crippen LogP contribution in [0.5, 0.6) is 0 Å². The zero-order valence-electron chi connectivity index (χ0n) is 29.9. The molecule has 0 radical (unpaired) electrons. The van der Waals surface area contributed by atoms with Gasteiger partial charge in [0.2, 0.25) is 0 Å². The fourth-order valence-electron chi connectivity index (χ4n) is 9.34. The van der Waals surface area contributed by atoms with E-state index in [2.05, 4.69) is 199 Å². The highest BCUT2D eigenvalue weighted by atomic mass is 15.1. The van der Waals surface area contributed by atoms with Gasteiger partial charge in [-0.2, -0.15) is 0 Å². The van der Waals surface area contributed by atoms with E-state index in [1.165, 1.54) is 87.6 Å². The highest BCUT2D eigenvalue weighted by Gasteiger charge is 2.24. The van der Waals surface area contributed by atoms with Crippen LogP contribution in [0.25, 0.3) is 116 Å². The lowest BCUT2D eigenvalue weighted by molar-refractivity contribution is 1.11. The molecule has 55 heavy (non-hydrogen) atoms. The van der Waals surface area contributed by atoms with E-state index in [0.717, 1.165) is 28.1 Å². The third kappa shape index (κ3) is 4.40. The highest BCUT2D eigenvalue weighted by molar-refractivity contribution is 6.26. The Morgan fingerprint density at radius 1 is 0.345 bits per heavy atom. The summed E-state index contributed by atoms with van der Waals surface area (Å²) >= 11 is 0. The van der Waals surface area contributed by atoms with Crippen LogP contribution in [0, 0.1) is 0 Å². The molecule has 0 saturated carbocycles. The Morgan fingerprint density at radius 3 is 1.64 bits per heavy atom. The van der Waals surface area contributed by atoms with Gasteiger partial charge in [-0.05, 0) is 112 Å². The predicted molar refractivity (Wildman–Crippen MR) is 232 cm³/mol. The van der Waals surface area contributed by atoms with Gasteiger partial charge < -0.3 is 0 Å². The first-order chi connectivity index (χ1) is 27.3. The van der Waals surface area contributed by atoms with E-state index < -0.39 is 0 Å². The number of nitrogens with zero attached hydrogens (tertiary/aromatic N) is 2. The second-order valence-corrected chi connectivity index (χ2v) is 14.6. The van der Waals surface area contributed by atoms with Crippen LogP contribution < -0.4 is 0 Å². The lowest BCUT2D eigenvalue weighted by atomic mass is 9.84. The SMILES string of the molecule is c1ccc2c(c1)-c1cccc3c(-c4c5ccccc5c(-c5ccc(-c6nc7ccccc7n6-c6ccc7ccccc7c6)cc5)c5ccccc45)ccc-2c13. The summed E-state index contributed by atoms with van der Waals surface area (Å²) in [6, 6.07) is 70.9. The molecule has 2 nitrogen and oxygen atoms in total. The number of rotatable bonds is 4. The van der Waals surface area contributed by atoms with Crippen molar-refractivity contribution in [3.8, 4) is 61.6 Å². The highest BCUT2D eigenvalue weighted by Crippen LogP contribution is 2.51. The molecule has 0 fully saturated rings. The Morgan fingerprint density at radius 2 is 0.891 bits per heavy atom. The maximum Gasteiger partial charge on any atom is 0.145 e. The van der Waals surface area contributed by atoms with Crippen LogP contribution in [0.4, 0.5) is 0 Å². The molecule has 0 atom stereocenters. The Balaban J connectivity index is 1.05. The summed E-state index contributed by atoms with van der Waals surface area (Å²) in [6.45, 7) is 0. The predicted octanol–water partition coefficient (Wildman–Crippen LogP) is 14.3. The van der Waals surface area contributed by atoms with Gasteiger partial charge in [-0.3, -0.25) is 4.57 Å². The van der Waals surface area contributed by atoms with Crippen molar-refractivity contribution in [1.82, 2.24) is 9.55 Å². The molecule has 12 rings (SSSR count). The molecule has 1 aromatic heterocycles. The van der Waals surface area contributed by atoms with Crippen LogP contribution in [0.2, 0.25) is 0 Å². The molecule has 1 aliphatic carbocycles. The zero-order valence-corrected chi connectivity index (χ0v) is 29.9. The number of hydrogen-bond acceptors (Lipinski definition) is 1. The number of benzene rings is 10. The molecule has 0 amide bonds. The van der Waals surface area contributed by atoms with Gasteiger partial charge in [-0.1, -0.05) is 170 Å². The van der Waals surface area contributed by atoms with Gasteiger partial charge in [0.05, 0.1) is 11.0 Å². The zero-order chi connectivity index (χ0) is 36.0. The summed E-state index contributed by atoms with van der Waals surface area (Å²) in [5, 5.41) is 10.1. The molecule has 0 bridgehead atoms. The average molecular weight is 697 g/mol. The van der Waals surface area contributed by atoms with Crippen LogP contribution in [-0.2, 0) is 0 Å². The Hall–Kier alpha value is -7.29. The van der Waals surface area contributed by atoms with Crippen LogP contribution >= 0.6 is 0 Å². The summed E-state index contributed by atoms with van der Waals surface area (Å²) in [6.07, 6.45) is 0.